The van der Waals surface area contributed by atoms with E-state index < -0.39 is 0 Å². The molecule has 3 heterocycles. The minimum absolute atomic E-state index is 0.0581. The maximum atomic E-state index is 12.6. The molecule has 3 fully saturated rings. The highest BCUT2D eigenvalue weighted by atomic mass is 16.4. The number of carbonyl (C=O) groups excluding carboxylic acids is 2. The molecule has 0 spiro atoms. The van der Waals surface area contributed by atoms with Gasteiger partial charge in [-0.15, -0.1) is 0 Å². The van der Waals surface area contributed by atoms with Gasteiger partial charge in [-0.3, -0.25) is 9.59 Å². The summed E-state index contributed by atoms with van der Waals surface area (Å²) in [6.07, 6.45) is 6.53. The average molecular weight is 385 g/mol. The van der Waals surface area contributed by atoms with Crippen LogP contribution in [0.3, 0.4) is 0 Å². The SMILES string of the molecule is CN1CCN(C(=O)c2cnc(C3CCN(C4CCC(C#N)C4)CC3)o2)CC1=O. The lowest BCUT2D eigenvalue weighted by Gasteiger charge is -2.35. The second kappa shape index (κ2) is 7.92. The summed E-state index contributed by atoms with van der Waals surface area (Å²) in [4.78, 5) is 34.5. The third-order valence-electron chi connectivity index (χ3n) is 6.46. The molecule has 1 aromatic rings. The van der Waals surface area contributed by atoms with Gasteiger partial charge in [-0.25, -0.2) is 4.98 Å². The molecule has 0 aromatic carbocycles. The van der Waals surface area contributed by atoms with Crippen LogP contribution in [0.1, 0.15) is 54.5 Å². The molecule has 1 aliphatic carbocycles. The molecule has 0 radical (unpaired) electrons. The number of amides is 2. The van der Waals surface area contributed by atoms with E-state index in [0.29, 0.717) is 25.0 Å². The van der Waals surface area contributed by atoms with Crippen LogP contribution in [0.15, 0.2) is 10.6 Å². The van der Waals surface area contributed by atoms with E-state index in [2.05, 4.69) is 16.0 Å². The van der Waals surface area contributed by atoms with Crippen LogP contribution in [0.2, 0.25) is 0 Å². The number of likely N-dealkylation sites (N-methyl/N-ethyl adjacent to an activating group) is 1. The van der Waals surface area contributed by atoms with Crippen LogP contribution in [-0.2, 0) is 4.79 Å². The highest BCUT2D eigenvalue weighted by Gasteiger charge is 2.34. The summed E-state index contributed by atoms with van der Waals surface area (Å²) in [5.74, 6) is 0.972. The number of piperidine rings is 1. The predicted octanol–water partition coefficient (Wildman–Crippen LogP) is 1.46. The van der Waals surface area contributed by atoms with Crippen LogP contribution >= 0.6 is 0 Å². The lowest BCUT2D eigenvalue weighted by Crippen LogP contribution is -2.50. The van der Waals surface area contributed by atoms with E-state index >= 15 is 0 Å². The molecular weight excluding hydrogens is 358 g/mol. The van der Waals surface area contributed by atoms with Gasteiger partial charge in [-0.05, 0) is 45.2 Å². The number of hydrogen-bond donors (Lipinski definition) is 0. The maximum absolute atomic E-state index is 12.6. The van der Waals surface area contributed by atoms with Gasteiger partial charge in [0.15, 0.2) is 5.89 Å². The Labute approximate surface area is 165 Å². The third kappa shape index (κ3) is 3.76. The summed E-state index contributed by atoms with van der Waals surface area (Å²) in [6.45, 7) is 3.10. The van der Waals surface area contributed by atoms with Crippen LogP contribution in [0, 0.1) is 17.2 Å². The Morgan fingerprint density at radius 3 is 2.68 bits per heavy atom. The van der Waals surface area contributed by atoms with Crippen LogP contribution in [0.4, 0.5) is 0 Å². The Morgan fingerprint density at radius 2 is 2.00 bits per heavy atom. The molecule has 28 heavy (non-hydrogen) atoms. The van der Waals surface area contributed by atoms with Crippen molar-refractivity contribution in [3.63, 3.8) is 0 Å². The molecule has 0 bridgehead atoms. The van der Waals surface area contributed by atoms with Crippen LogP contribution in [0.5, 0.6) is 0 Å². The van der Waals surface area contributed by atoms with Gasteiger partial charge in [0.1, 0.15) is 6.54 Å². The molecule has 1 aromatic heterocycles. The van der Waals surface area contributed by atoms with Gasteiger partial charge in [-0.2, -0.15) is 5.26 Å². The lowest BCUT2D eigenvalue weighted by atomic mass is 9.95. The largest absolute Gasteiger partial charge is 0.435 e. The number of oxazole rings is 1. The zero-order chi connectivity index (χ0) is 19.7. The summed E-state index contributed by atoms with van der Waals surface area (Å²) in [5.41, 5.74) is 0. The topological polar surface area (TPSA) is 93.7 Å². The first-order chi connectivity index (χ1) is 13.5. The third-order valence-corrected chi connectivity index (χ3v) is 6.46. The van der Waals surface area contributed by atoms with E-state index in [1.54, 1.807) is 11.9 Å². The Morgan fingerprint density at radius 1 is 1.21 bits per heavy atom. The molecule has 3 aliphatic rings. The molecule has 0 N–H and O–H groups in total. The van der Waals surface area contributed by atoms with Crippen molar-refractivity contribution in [1.29, 1.82) is 5.26 Å². The molecule has 150 valence electrons. The van der Waals surface area contributed by atoms with Gasteiger partial charge >= 0.3 is 0 Å². The molecule has 2 saturated heterocycles. The van der Waals surface area contributed by atoms with Gasteiger partial charge in [-0.1, -0.05) is 0 Å². The fourth-order valence-corrected chi connectivity index (χ4v) is 4.58. The van der Waals surface area contributed by atoms with Gasteiger partial charge in [0, 0.05) is 38.0 Å². The first-order valence-corrected chi connectivity index (χ1v) is 10.2. The lowest BCUT2D eigenvalue weighted by molar-refractivity contribution is -0.133. The number of nitrogens with zero attached hydrogens (tertiary/aromatic N) is 5. The van der Waals surface area contributed by atoms with Crippen molar-refractivity contribution in [1.82, 2.24) is 19.7 Å². The standard InChI is InChI=1S/C20H27N5O3/c1-23-8-9-25(13-18(23)26)20(27)17-12-22-19(28-17)15-4-6-24(7-5-15)16-3-2-14(10-16)11-21/h12,14-16H,2-10,13H2,1H3. The second-order valence-electron chi connectivity index (χ2n) is 8.21. The quantitative estimate of drug-likeness (QED) is 0.782. The Balaban J connectivity index is 1.32. The molecule has 2 amide bonds. The zero-order valence-corrected chi connectivity index (χ0v) is 16.3. The molecule has 2 unspecified atom stereocenters. The second-order valence-corrected chi connectivity index (χ2v) is 8.21. The molecule has 8 nitrogen and oxygen atoms in total. The first-order valence-electron chi connectivity index (χ1n) is 10.2. The molecule has 8 heteroatoms. The zero-order valence-electron chi connectivity index (χ0n) is 16.3. The summed E-state index contributed by atoms with van der Waals surface area (Å²) < 4.78 is 5.81. The number of carbonyl (C=O) groups is 2. The smallest absolute Gasteiger partial charge is 0.291 e. The van der Waals surface area contributed by atoms with Crippen molar-refractivity contribution >= 4 is 11.8 Å². The van der Waals surface area contributed by atoms with Crippen LogP contribution < -0.4 is 0 Å². The van der Waals surface area contributed by atoms with Crippen molar-refractivity contribution in [2.75, 3.05) is 39.8 Å². The van der Waals surface area contributed by atoms with Crippen molar-refractivity contribution in [3.8, 4) is 6.07 Å². The fraction of sp³-hybridized carbons (Fsp3) is 0.700. The van der Waals surface area contributed by atoms with Crippen LogP contribution in [0.25, 0.3) is 0 Å². The van der Waals surface area contributed by atoms with E-state index in [-0.39, 0.29) is 36.0 Å². The molecular formula is C20H27N5O3. The Kier molecular flexibility index (Phi) is 5.36. The van der Waals surface area contributed by atoms with Crippen LogP contribution in [-0.4, -0.2) is 77.3 Å². The monoisotopic (exact) mass is 385 g/mol. The summed E-state index contributed by atoms with van der Waals surface area (Å²) in [6, 6.07) is 2.93. The van der Waals surface area contributed by atoms with Gasteiger partial charge in [0.05, 0.1) is 12.3 Å². The first kappa shape index (κ1) is 18.9. The molecule has 2 aliphatic heterocycles. The maximum Gasteiger partial charge on any atom is 0.291 e. The summed E-state index contributed by atoms with van der Waals surface area (Å²) in [7, 11) is 1.75. The highest BCUT2D eigenvalue weighted by molar-refractivity contribution is 5.94. The van der Waals surface area contributed by atoms with E-state index in [9.17, 15) is 9.59 Å². The Hall–Kier alpha value is -2.40. The number of piperazine rings is 1. The van der Waals surface area contributed by atoms with Crippen molar-refractivity contribution in [2.45, 2.75) is 44.1 Å². The summed E-state index contributed by atoms with van der Waals surface area (Å²) >= 11 is 0. The van der Waals surface area contributed by atoms with Gasteiger partial charge < -0.3 is 19.1 Å². The highest BCUT2D eigenvalue weighted by Crippen LogP contribution is 2.34. The van der Waals surface area contributed by atoms with E-state index in [1.807, 2.05) is 0 Å². The number of rotatable bonds is 3. The average Bonchev–Trinajstić information content (AvgIpc) is 3.39. The molecule has 4 rings (SSSR count). The van der Waals surface area contributed by atoms with Gasteiger partial charge in [0.25, 0.3) is 5.91 Å². The number of aromatic nitrogens is 1. The van der Waals surface area contributed by atoms with Gasteiger partial charge in [0.2, 0.25) is 11.7 Å². The number of nitriles is 1. The fourth-order valence-electron chi connectivity index (χ4n) is 4.58. The van der Waals surface area contributed by atoms with E-state index in [4.69, 9.17) is 9.68 Å². The molecule has 1 saturated carbocycles. The predicted molar refractivity (Wildman–Crippen MR) is 100 cm³/mol. The van der Waals surface area contributed by atoms with E-state index in [0.717, 1.165) is 45.2 Å². The minimum atomic E-state index is -0.258. The number of likely N-dealkylation sites (tertiary alicyclic amines) is 1. The minimum Gasteiger partial charge on any atom is -0.435 e. The van der Waals surface area contributed by atoms with Crippen molar-refractivity contribution in [3.05, 3.63) is 17.8 Å². The Bertz CT molecular complexity index is 777. The van der Waals surface area contributed by atoms with Crippen molar-refractivity contribution in [2.24, 2.45) is 5.92 Å². The normalized spacial score (nSPS) is 27.2. The van der Waals surface area contributed by atoms with E-state index in [1.165, 1.54) is 11.1 Å². The number of hydrogen-bond acceptors (Lipinski definition) is 6. The molecule has 2 atom stereocenters. The summed E-state index contributed by atoms with van der Waals surface area (Å²) in [5, 5.41) is 9.10. The van der Waals surface area contributed by atoms with Crippen molar-refractivity contribution < 1.29 is 14.0 Å².